The van der Waals surface area contributed by atoms with Crippen molar-refractivity contribution in [1.82, 2.24) is 4.57 Å². The Balaban J connectivity index is 0.00000240. The normalized spacial score (nSPS) is 18.2. The fourth-order valence-corrected chi connectivity index (χ4v) is 4.38. The Labute approximate surface area is 182 Å². The molecule has 0 radical (unpaired) electrons. The molecule has 1 unspecified atom stereocenters. The number of carboxylic acids is 1. The molecule has 1 aliphatic rings. The third-order valence-electron chi connectivity index (χ3n) is 4.50. The molecule has 5 nitrogen and oxygen atoms in total. The van der Waals surface area contributed by atoms with E-state index in [2.05, 4.69) is 5.32 Å². The van der Waals surface area contributed by atoms with Crippen molar-refractivity contribution < 1.29 is 33.2 Å². The summed E-state index contributed by atoms with van der Waals surface area (Å²) in [6.07, 6.45) is 4.85. The fourth-order valence-electron chi connectivity index (χ4n) is 3.27. The maximum atomic E-state index is 14.3. The molecule has 0 saturated carbocycles. The van der Waals surface area contributed by atoms with Gasteiger partial charge in [0, 0.05) is 23.6 Å². The summed E-state index contributed by atoms with van der Waals surface area (Å²) in [5, 5.41) is 15.4. The number of carbonyl (C=O) groups is 1. The van der Waals surface area contributed by atoms with Crippen molar-refractivity contribution in [1.29, 1.82) is 0 Å². The SMILES string of the molecule is CC1(F)C=CC=C(Nc2c(C(=O)[O-])sc3c2ccc(=O)n3-c2ccccc2)C1.[Li+]. The van der Waals surface area contributed by atoms with E-state index in [1.807, 2.05) is 6.07 Å². The van der Waals surface area contributed by atoms with E-state index in [1.54, 1.807) is 42.5 Å². The molecule has 1 atom stereocenters. The Kier molecular flexibility index (Phi) is 5.85. The van der Waals surface area contributed by atoms with E-state index in [1.165, 1.54) is 23.6 Å². The summed E-state index contributed by atoms with van der Waals surface area (Å²) >= 11 is 0.956. The van der Waals surface area contributed by atoms with E-state index < -0.39 is 11.6 Å². The van der Waals surface area contributed by atoms with Crippen LogP contribution in [0.1, 0.15) is 23.0 Å². The van der Waals surface area contributed by atoms with E-state index in [0.29, 0.717) is 27.3 Å². The molecule has 0 saturated heterocycles. The van der Waals surface area contributed by atoms with Gasteiger partial charge in [0.2, 0.25) is 0 Å². The van der Waals surface area contributed by atoms with Gasteiger partial charge in [0.25, 0.3) is 5.56 Å². The Hall–Kier alpha value is -2.59. The third-order valence-corrected chi connectivity index (χ3v) is 5.67. The van der Waals surface area contributed by atoms with Crippen molar-refractivity contribution in [2.24, 2.45) is 0 Å². The van der Waals surface area contributed by atoms with Crippen LogP contribution in [0.3, 0.4) is 0 Å². The summed E-state index contributed by atoms with van der Waals surface area (Å²) in [5.74, 6) is -1.36. The maximum absolute atomic E-state index is 14.3. The van der Waals surface area contributed by atoms with Crippen LogP contribution in [0.15, 0.2) is 71.2 Å². The van der Waals surface area contributed by atoms with Crippen LogP contribution in [-0.4, -0.2) is 16.2 Å². The zero-order valence-electron chi connectivity index (χ0n) is 15.9. The minimum atomic E-state index is -1.52. The predicted octanol–water partition coefficient (Wildman–Crippen LogP) is 0.404. The number of allylic oxidation sites excluding steroid dienone is 4. The zero-order chi connectivity index (χ0) is 19.9. The van der Waals surface area contributed by atoms with E-state index in [4.69, 9.17) is 0 Å². The summed E-state index contributed by atoms with van der Waals surface area (Å²) in [5.41, 5.74) is -0.301. The molecule has 142 valence electrons. The van der Waals surface area contributed by atoms with Gasteiger partial charge in [-0.15, -0.1) is 11.3 Å². The molecule has 29 heavy (non-hydrogen) atoms. The van der Waals surface area contributed by atoms with Crippen molar-refractivity contribution in [3.63, 3.8) is 0 Å². The number of alkyl halides is 1. The molecule has 0 spiro atoms. The quantitative estimate of drug-likeness (QED) is 0.642. The molecule has 1 N–H and O–H groups in total. The summed E-state index contributed by atoms with van der Waals surface area (Å²) in [7, 11) is 0. The summed E-state index contributed by atoms with van der Waals surface area (Å²) in [4.78, 5) is 24.7. The second kappa shape index (κ2) is 8.03. The Morgan fingerprint density at radius 2 is 1.97 bits per heavy atom. The van der Waals surface area contributed by atoms with Crippen molar-refractivity contribution >= 4 is 33.2 Å². The van der Waals surface area contributed by atoms with Gasteiger partial charge in [-0.05, 0) is 37.3 Å². The topological polar surface area (TPSA) is 74.2 Å². The predicted molar refractivity (Wildman–Crippen MR) is 107 cm³/mol. The van der Waals surface area contributed by atoms with Gasteiger partial charge in [-0.25, -0.2) is 4.39 Å². The largest absolute Gasteiger partial charge is 1.00 e. The van der Waals surface area contributed by atoms with E-state index >= 15 is 0 Å². The number of aromatic nitrogens is 1. The number of rotatable bonds is 4. The van der Waals surface area contributed by atoms with Gasteiger partial charge in [-0.1, -0.05) is 24.3 Å². The van der Waals surface area contributed by atoms with E-state index in [0.717, 1.165) is 11.3 Å². The first-order valence-electron chi connectivity index (χ1n) is 8.65. The maximum Gasteiger partial charge on any atom is 1.00 e. The van der Waals surface area contributed by atoms with Crippen molar-refractivity contribution in [3.05, 3.63) is 81.6 Å². The van der Waals surface area contributed by atoms with Crippen LogP contribution in [0.25, 0.3) is 15.9 Å². The standard InChI is InChI=1S/C21H17FN2O3S.Li/c1-21(22)11-5-6-13(12-21)23-17-15-9-10-16(25)24(14-7-3-2-4-8-14)19(15)28-18(17)20(26)27;/h2-11,23H,12H2,1H3,(H,26,27);/q;+1/p-1. The molecular formula is C21H16FLiN2O3S. The molecule has 1 aliphatic carbocycles. The number of hydrogen-bond acceptors (Lipinski definition) is 5. The number of aromatic carboxylic acids is 1. The van der Waals surface area contributed by atoms with Crippen molar-refractivity contribution in [2.75, 3.05) is 5.32 Å². The number of anilines is 1. The van der Waals surface area contributed by atoms with Gasteiger partial charge < -0.3 is 15.2 Å². The number of carbonyl (C=O) groups excluding carboxylic acids is 1. The molecule has 8 heteroatoms. The molecule has 4 rings (SSSR count). The molecule has 0 amide bonds. The fraction of sp³-hybridized carbons (Fsp3) is 0.143. The molecule has 1 aromatic carbocycles. The number of para-hydroxylation sites is 1. The third kappa shape index (κ3) is 4.08. The number of halogens is 1. The van der Waals surface area contributed by atoms with Crippen LogP contribution in [0.5, 0.6) is 0 Å². The molecular weight excluding hydrogens is 386 g/mol. The first kappa shape index (κ1) is 21.1. The van der Waals surface area contributed by atoms with E-state index in [-0.39, 0.29) is 35.7 Å². The van der Waals surface area contributed by atoms with Gasteiger partial charge in [0.1, 0.15) is 10.5 Å². The van der Waals surface area contributed by atoms with Crippen molar-refractivity contribution in [3.8, 4) is 5.69 Å². The van der Waals surface area contributed by atoms with Gasteiger partial charge in [0.15, 0.2) is 0 Å². The van der Waals surface area contributed by atoms with Crippen LogP contribution in [0.4, 0.5) is 10.1 Å². The molecule has 0 aliphatic heterocycles. The molecule has 2 heterocycles. The summed E-state index contributed by atoms with van der Waals surface area (Å²) < 4.78 is 15.8. The first-order chi connectivity index (χ1) is 13.4. The van der Waals surface area contributed by atoms with Crippen LogP contribution in [0.2, 0.25) is 0 Å². The number of carboxylic acid groups (broad SMARTS) is 1. The number of pyridine rings is 1. The van der Waals surface area contributed by atoms with Crippen LogP contribution in [-0.2, 0) is 0 Å². The Morgan fingerprint density at radius 1 is 1.24 bits per heavy atom. The molecule has 3 aromatic rings. The van der Waals surface area contributed by atoms with E-state index in [9.17, 15) is 19.1 Å². The number of thiophene rings is 1. The number of benzene rings is 1. The van der Waals surface area contributed by atoms with Crippen LogP contribution < -0.4 is 34.8 Å². The van der Waals surface area contributed by atoms with Crippen molar-refractivity contribution in [2.45, 2.75) is 19.0 Å². The zero-order valence-corrected chi connectivity index (χ0v) is 16.8. The number of hydrogen-bond donors (Lipinski definition) is 1. The Bertz CT molecular complexity index is 1200. The minimum absolute atomic E-state index is 0. The molecule has 2 aromatic heterocycles. The average molecular weight is 402 g/mol. The van der Waals surface area contributed by atoms with Gasteiger partial charge in [0.05, 0.1) is 22.2 Å². The minimum Gasteiger partial charge on any atom is -0.544 e. The van der Waals surface area contributed by atoms with Crippen LogP contribution >= 0.6 is 11.3 Å². The average Bonchev–Trinajstić information content (AvgIpc) is 3.00. The number of nitrogens with zero attached hydrogens (tertiary/aromatic N) is 1. The first-order valence-corrected chi connectivity index (χ1v) is 9.47. The smallest absolute Gasteiger partial charge is 0.544 e. The summed E-state index contributed by atoms with van der Waals surface area (Å²) in [6.45, 7) is 1.45. The second-order valence-corrected chi connectivity index (χ2v) is 7.78. The molecule has 0 bridgehead atoms. The Morgan fingerprint density at radius 3 is 2.62 bits per heavy atom. The van der Waals surface area contributed by atoms with Gasteiger partial charge in [-0.2, -0.15) is 0 Å². The van der Waals surface area contributed by atoms with Gasteiger partial charge in [-0.3, -0.25) is 9.36 Å². The number of nitrogens with one attached hydrogen (secondary N) is 1. The summed E-state index contributed by atoms with van der Waals surface area (Å²) in [6, 6.07) is 11.9. The molecule has 0 fully saturated rings. The monoisotopic (exact) mass is 402 g/mol. The van der Waals surface area contributed by atoms with Gasteiger partial charge >= 0.3 is 18.9 Å². The van der Waals surface area contributed by atoms with Crippen LogP contribution in [0, 0.1) is 0 Å². The second-order valence-electron chi connectivity index (χ2n) is 6.79. The number of fused-ring (bicyclic) bond motifs is 1.